The largest absolute Gasteiger partial charge is 0.379 e. The third-order valence-corrected chi connectivity index (χ3v) is 5.71. The van der Waals surface area contributed by atoms with Gasteiger partial charge in [0.2, 0.25) is 0 Å². The quantitative estimate of drug-likeness (QED) is 0.795. The van der Waals surface area contributed by atoms with Crippen molar-refractivity contribution in [2.75, 3.05) is 71.1 Å². The van der Waals surface area contributed by atoms with Crippen LogP contribution in [0, 0.1) is 12.8 Å². The standard InChI is InChI=1S/C20H29N3O3/c1-15-9-17(3-4-19(15)22-5-7-25-8-6-22)20(24)23-11-16-10-21(2)12-18(23)14-26-13-16/h3-4,9,16,18H,5-8,10-14H2,1-2H3/t16-,18-/m0/s1. The molecule has 2 atom stereocenters. The van der Waals surface area contributed by atoms with E-state index in [-0.39, 0.29) is 11.9 Å². The number of aryl methyl sites for hydroxylation is 1. The lowest BCUT2D eigenvalue weighted by Gasteiger charge is -2.31. The van der Waals surface area contributed by atoms with Crippen LogP contribution in [0.4, 0.5) is 5.69 Å². The first kappa shape index (κ1) is 17.8. The molecule has 4 rings (SSSR count). The van der Waals surface area contributed by atoms with Gasteiger partial charge < -0.3 is 24.2 Å². The zero-order chi connectivity index (χ0) is 18.1. The van der Waals surface area contributed by atoms with Gasteiger partial charge in [0.25, 0.3) is 5.91 Å². The molecular formula is C20H29N3O3. The average Bonchev–Trinajstić information content (AvgIpc) is 2.92. The Labute approximate surface area is 155 Å². The van der Waals surface area contributed by atoms with E-state index in [0.29, 0.717) is 12.5 Å². The minimum Gasteiger partial charge on any atom is -0.379 e. The number of likely N-dealkylation sites (N-methyl/N-ethyl adjacent to an activating group) is 1. The van der Waals surface area contributed by atoms with Crippen molar-refractivity contribution in [1.29, 1.82) is 0 Å². The van der Waals surface area contributed by atoms with E-state index in [1.54, 1.807) is 0 Å². The van der Waals surface area contributed by atoms with Gasteiger partial charge in [-0.15, -0.1) is 0 Å². The molecule has 2 bridgehead atoms. The summed E-state index contributed by atoms with van der Waals surface area (Å²) in [5, 5.41) is 0. The van der Waals surface area contributed by atoms with Crippen LogP contribution >= 0.6 is 0 Å². The number of anilines is 1. The zero-order valence-corrected chi connectivity index (χ0v) is 15.8. The molecule has 1 aromatic carbocycles. The minimum absolute atomic E-state index is 0.137. The number of fused-ring (bicyclic) bond motifs is 3. The Morgan fingerprint density at radius 2 is 1.88 bits per heavy atom. The molecule has 142 valence electrons. The molecule has 0 aliphatic carbocycles. The molecule has 3 heterocycles. The SMILES string of the molecule is Cc1cc(C(=O)N2C[C@H]3COC[C@@H]2CN(C)C3)ccc1N1CCOCC1. The van der Waals surface area contributed by atoms with Crippen molar-refractivity contribution in [1.82, 2.24) is 9.80 Å². The van der Waals surface area contributed by atoms with Gasteiger partial charge in [-0.05, 0) is 37.7 Å². The summed E-state index contributed by atoms with van der Waals surface area (Å²) < 4.78 is 11.3. The molecular weight excluding hydrogens is 330 g/mol. The second kappa shape index (κ2) is 7.55. The molecule has 0 radical (unpaired) electrons. The highest BCUT2D eigenvalue weighted by Crippen LogP contribution is 2.25. The number of amides is 1. The van der Waals surface area contributed by atoms with Crippen molar-refractivity contribution < 1.29 is 14.3 Å². The summed E-state index contributed by atoms with van der Waals surface area (Å²) in [6.45, 7) is 9.51. The Kier molecular flexibility index (Phi) is 5.16. The van der Waals surface area contributed by atoms with Crippen LogP contribution < -0.4 is 4.90 Å². The molecule has 0 aromatic heterocycles. The highest BCUT2D eigenvalue weighted by Gasteiger charge is 2.35. The maximum Gasteiger partial charge on any atom is 0.254 e. The Bertz CT molecular complexity index is 660. The van der Waals surface area contributed by atoms with Crippen LogP contribution in [0.2, 0.25) is 0 Å². The third-order valence-electron chi connectivity index (χ3n) is 5.71. The zero-order valence-electron chi connectivity index (χ0n) is 15.8. The lowest BCUT2D eigenvalue weighted by Crippen LogP contribution is -2.46. The fourth-order valence-electron chi connectivity index (χ4n) is 4.44. The van der Waals surface area contributed by atoms with Crippen molar-refractivity contribution in [3.8, 4) is 0 Å². The monoisotopic (exact) mass is 359 g/mol. The summed E-state index contributed by atoms with van der Waals surface area (Å²) >= 11 is 0. The number of carbonyl (C=O) groups is 1. The first-order chi connectivity index (χ1) is 12.6. The van der Waals surface area contributed by atoms with Crippen LogP contribution in [0.15, 0.2) is 18.2 Å². The Morgan fingerprint density at radius 1 is 1.08 bits per heavy atom. The molecule has 6 heteroatoms. The first-order valence-electron chi connectivity index (χ1n) is 9.62. The molecule has 3 aliphatic rings. The first-order valence-corrected chi connectivity index (χ1v) is 9.62. The fourth-order valence-corrected chi connectivity index (χ4v) is 4.44. The van der Waals surface area contributed by atoms with E-state index in [9.17, 15) is 4.79 Å². The Balaban J connectivity index is 1.55. The lowest BCUT2D eigenvalue weighted by molar-refractivity contribution is 0.0483. The molecule has 3 aliphatic heterocycles. The van der Waals surface area contributed by atoms with E-state index in [1.807, 2.05) is 17.0 Å². The van der Waals surface area contributed by atoms with Gasteiger partial charge in [-0.2, -0.15) is 0 Å². The molecule has 0 N–H and O–H groups in total. The van der Waals surface area contributed by atoms with Crippen molar-refractivity contribution in [2.45, 2.75) is 13.0 Å². The molecule has 26 heavy (non-hydrogen) atoms. The summed E-state index contributed by atoms with van der Waals surface area (Å²) in [4.78, 5) is 20.0. The number of benzene rings is 1. The summed E-state index contributed by atoms with van der Waals surface area (Å²) in [6.07, 6.45) is 0. The van der Waals surface area contributed by atoms with E-state index in [1.165, 1.54) is 5.69 Å². The Hall–Kier alpha value is -1.63. The van der Waals surface area contributed by atoms with Gasteiger partial charge in [-0.25, -0.2) is 0 Å². The molecule has 1 aromatic rings. The fraction of sp³-hybridized carbons (Fsp3) is 0.650. The van der Waals surface area contributed by atoms with Crippen LogP contribution in [-0.2, 0) is 9.47 Å². The second-order valence-corrected chi connectivity index (χ2v) is 7.84. The van der Waals surface area contributed by atoms with Crippen LogP contribution in [0.1, 0.15) is 15.9 Å². The van der Waals surface area contributed by atoms with Crippen molar-refractivity contribution in [3.63, 3.8) is 0 Å². The second-order valence-electron chi connectivity index (χ2n) is 7.84. The number of hydrogen-bond donors (Lipinski definition) is 0. The summed E-state index contributed by atoms with van der Waals surface area (Å²) in [6, 6.07) is 6.27. The molecule has 0 unspecified atom stereocenters. The highest BCUT2D eigenvalue weighted by molar-refractivity contribution is 5.95. The maximum absolute atomic E-state index is 13.3. The lowest BCUT2D eigenvalue weighted by atomic mass is 10.1. The van der Waals surface area contributed by atoms with Crippen LogP contribution in [0.3, 0.4) is 0 Å². The number of nitrogens with zero attached hydrogens (tertiary/aromatic N) is 3. The normalized spacial score (nSPS) is 27.3. The average molecular weight is 359 g/mol. The predicted molar refractivity (Wildman–Crippen MR) is 101 cm³/mol. The van der Waals surface area contributed by atoms with Crippen molar-refractivity contribution >= 4 is 11.6 Å². The minimum atomic E-state index is 0.137. The van der Waals surface area contributed by atoms with Crippen LogP contribution in [0.5, 0.6) is 0 Å². The molecule has 6 nitrogen and oxygen atoms in total. The number of carbonyl (C=O) groups excluding carboxylic acids is 1. The van der Waals surface area contributed by atoms with Gasteiger partial charge in [-0.1, -0.05) is 0 Å². The number of rotatable bonds is 2. The van der Waals surface area contributed by atoms with Crippen molar-refractivity contribution in [3.05, 3.63) is 29.3 Å². The number of morpholine rings is 1. The Morgan fingerprint density at radius 3 is 2.65 bits per heavy atom. The van der Waals surface area contributed by atoms with Crippen molar-refractivity contribution in [2.24, 2.45) is 5.92 Å². The van der Waals surface area contributed by atoms with Crippen LogP contribution in [0.25, 0.3) is 0 Å². The summed E-state index contributed by atoms with van der Waals surface area (Å²) in [5.41, 5.74) is 3.15. The topological polar surface area (TPSA) is 45.2 Å². The predicted octanol–water partition coefficient (Wildman–Crippen LogP) is 1.23. The van der Waals surface area contributed by atoms with Gasteiger partial charge in [-0.3, -0.25) is 4.79 Å². The van der Waals surface area contributed by atoms with Gasteiger partial charge in [0, 0.05) is 49.9 Å². The molecule has 0 spiro atoms. The van der Waals surface area contributed by atoms with Gasteiger partial charge in [0.15, 0.2) is 0 Å². The third kappa shape index (κ3) is 3.59. The molecule has 3 saturated heterocycles. The molecule has 3 fully saturated rings. The van der Waals surface area contributed by atoms with Crippen LogP contribution in [-0.4, -0.2) is 87.9 Å². The highest BCUT2D eigenvalue weighted by atomic mass is 16.5. The van der Waals surface area contributed by atoms with Gasteiger partial charge in [0.1, 0.15) is 0 Å². The number of hydrogen-bond acceptors (Lipinski definition) is 5. The van der Waals surface area contributed by atoms with E-state index < -0.39 is 0 Å². The van der Waals surface area contributed by atoms with E-state index in [0.717, 1.165) is 63.7 Å². The van der Waals surface area contributed by atoms with E-state index >= 15 is 0 Å². The van der Waals surface area contributed by atoms with E-state index in [4.69, 9.17) is 9.47 Å². The number of ether oxygens (including phenoxy) is 2. The summed E-state index contributed by atoms with van der Waals surface area (Å²) in [7, 11) is 2.14. The maximum atomic E-state index is 13.3. The molecule has 1 amide bonds. The molecule has 0 saturated carbocycles. The summed E-state index contributed by atoms with van der Waals surface area (Å²) in [5.74, 6) is 0.530. The van der Waals surface area contributed by atoms with Gasteiger partial charge in [0.05, 0.1) is 32.5 Å². The van der Waals surface area contributed by atoms with E-state index in [2.05, 4.69) is 29.8 Å². The smallest absolute Gasteiger partial charge is 0.254 e. The van der Waals surface area contributed by atoms with Gasteiger partial charge >= 0.3 is 0 Å².